The molecular weight excluding hydrogens is 335 g/mol. The van der Waals surface area contributed by atoms with Crippen molar-refractivity contribution >= 4 is 39.1 Å². The van der Waals surface area contributed by atoms with Gasteiger partial charge in [0.1, 0.15) is 11.5 Å². The molecule has 94 valence electrons. The molecule has 0 amide bonds. The Balaban J connectivity index is 2.38. The molecule has 2 rings (SSSR count). The van der Waals surface area contributed by atoms with Crippen LogP contribution in [0.25, 0.3) is 0 Å². The third-order valence-electron chi connectivity index (χ3n) is 2.54. The molecule has 0 aliphatic carbocycles. The lowest BCUT2D eigenvalue weighted by atomic mass is 10.2. The third-order valence-corrected chi connectivity index (χ3v) is 3.56. The zero-order valence-corrected chi connectivity index (χ0v) is 12.8. The summed E-state index contributed by atoms with van der Waals surface area (Å²) in [6.45, 7) is 1.98. The van der Waals surface area contributed by atoms with Gasteiger partial charge in [-0.2, -0.15) is 0 Å². The smallest absolute Gasteiger partial charge is 0.132 e. The summed E-state index contributed by atoms with van der Waals surface area (Å²) in [5.74, 6) is 1.89. The average molecular weight is 346 g/mol. The Hall–Kier alpha value is -0.700. The van der Waals surface area contributed by atoms with Gasteiger partial charge in [0.2, 0.25) is 0 Å². The fourth-order valence-electron chi connectivity index (χ4n) is 1.54. The van der Waals surface area contributed by atoms with E-state index in [0.29, 0.717) is 10.9 Å². The molecular formula is C14H11BrCl2O. The molecule has 0 aromatic heterocycles. The standard InChI is InChI=1S/C14H11BrCl2O/c1-9-2-5-12(17)7-13(9)18-14-6-11(15)4-3-10(14)8-16/h2-7H,8H2,1H3. The van der Waals surface area contributed by atoms with E-state index in [-0.39, 0.29) is 0 Å². The molecule has 18 heavy (non-hydrogen) atoms. The number of benzene rings is 2. The maximum Gasteiger partial charge on any atom is 0.132 e. The highest BCUT2D eigenvalue weighted by atomic mass is 79.9. The summed E-state index contributed by atoms with van der Waals surface area (Å²) >= 11 is 15.3. The van der Waals surface area contributed by atoms with Crippen molar-refractivity contribution in [2.24, 2.45) is 0 Å². The summed E-state index contributed by atoms with van der Waals surface area (Å²) in [5, 5.41) is 0.651. The van der Waals surface area contributed by atoms with E-state index in [2.05, 4.69) is 15.9 Å². The van der Waals surface area contributed by atoms with Gasteiger partial charge in [0.25, 0.3) is 0 Å². The molecule has 2 aromatic carbocycles. The van der Waals surface area contributed by atoms with Crippen molar-refractivity contribution in [3.63, 3.8) is 0 Å². The quantitative estimate of drug-likeness (QED) is 0.625. The van der Waals surface area contributed by atoms with Crippen molar-refractivity contribution in [1.82, 2.24) is 0 Å². The largest absolute Gasteiger partial charge is 0.457 e. The summed E-state index contributed by atoms with van der Waals surface area (Å²) in [7, 11) is 0. The number of hydrogen-bond donors (Lipinski definition) is 0. The van der Waals surface area contributed by atoms with E-state index in [1.54, 1.807) is 6.07 Å². The minimum absolute atomic E-state index is 0.405. The second-order valence-corrected chi connectivity index (χ2v) is 5.52. The zero-order valence-electron chi connectivity index (χ0n) is 9.71. The summed E-state index contributed by atoms with van der Waals surface area (Å²) in [5.41, 5.74) is 1.97. The van der Waals surface area contributed by atoms with Crippen LogP contribution >= 0.6 is 39.1 Å². The minimum Gasteiger partial charge on any atom is -0.457 e. The fraction of sp³-hybridized carbons (Fsp3) is 0.143. The first-order chi connectivity index (χ1) is 8.60. The highest BCUT2D eigenvalue weighted by molar-refractivity contribution is 9.10. The molecule has 0 fully saturated rings. The van der Waals surface area contributed by atoms with Crippen LogP contribution in [0.2, 0.25) is 5.02 Å². The summed E-state index contributed by atoms with van der Waals surface area (Å²) in [6, 6.07) is 11.3. The Morgan fingerprint density at radius 3 is 2.61 bits per heavy atom. The highest BCUT2D eigenvalue weighted by Crippen LogP contribution is 2.32. The van der Waals surface area contributed by atoms with Crippen LogP contribution in [-0.2, 0) is 5.88 Å². The van der Waals surface area contributed by atoms with E-state index in [9.17, 15) is 0 Å². The van der Waals surface area contributed by atoms with Crippen molar-refractivity contribution in [1.29, 1.82) is 0 Å². The topological polar surface area (TPSA) is 9.23 Å². The molecule has 1 nitrogen and oxygen atoms in total. The van der Waals surface area contributed by atoms with Gasteiger partial charge in [-0.05, 0) is 36.8 Å². The van der Waals surface area contributed by atoms with E-state index in [1.807, 2.05) is 37.3 Å². The number of hydrogen-bond acceptors (Lipinski definition) is 1. The number of halogens is 3. The van der Waals surface area contributed by atoms with Crippen molar-refractivity contribution in [3.05, 3.63) is 57.0 Å². The maximum atomic E-state index is 5.97. The molecule has 0 aliphatic rings. The number of aryl methyl sites for hydroxylation is 1. The second-order valence-electron chi connectivity index (χ2n) is 3.90. The van der Waals surface area contributed by atoms with Crippen LogP contribution in [-0.4, -0.2) is 0 Å². The Kier molecular flexibility index (Phi) is 4.55. The van der Waals surface area contributed by atoms with Crippen molar-refractivity contribution in [2.45, 2.75) is 12.8 Å². The predicted molar refractivity (Wildman–Crippen MR) is 80.0 cm³/mol. The third kappa shape index (κ3) is 3.19. The molecule has 0 spiro atoms. The maximum absolute atomic E-state index is 5.97. The molecule has 0 unspecified atom stereocenters. The van der Waals surface area contributed by atoms with Crippen LogP contribution in [0.5, 0.6) is 11.5 Å². The van der Waals surface area contributed by atoms with E-state index in [0.717, 1.165) is 27.1 Å². The van der Waals surface area contributed by atoms with Gasteiger partial charge in [0.15, 0.2) is 0 Å². The van der Waals surface area contributed by atoms with Crippen molar-refractivity contribution in [3.8, 4) is 11.5 Å². The fourth-order valence-corrected chi connectivity index (χ4v) is 2.26. The van der Waals surface area contributed by atoms with Crippen LogP contribution in [0, 0.1) is 6.92 Å². The van der Waals surface area contributed by atoms with Gasteiger partial charge in [0, 0.05) is 15.1 Å². The minimum atomic E-state index is 0.405. The normalized spacial score (nSPS) is 10.4. The first-order valence-corrected chi connectivity index (χ1v) is 7.09. The lowest BCUT2D eigenvalue weighted by Crippen LogP contribution is -1.92. The van der Waals surface area contributed by atoms with E-state index >= 15 is 0 Å². The number of rotatable bonds is 3. The average Bonchev–Trinajstić information content (AvgIpc) is 2.34. The van der Waals surface area contributed by atoms with Crippen LogP contribution in [0.1, 0.15) is 11.1 Å². The lowest BCUT2D eigenvalue weighted by Gasteiger charge is -2.12. The predicted octanol–water partition coefficient (Wildman–Crippen LogP) is 5.94. The molecule has 0 N–H and O–H groups in total. The molecule has 0 atom stereocenters. The molecule has 2 aromatic rings. The zero-order chi connectivity index (χ0) is 13.1. The molecule has 0 saturated heterocycles. The Morgan fingerprint density at radius 1 is 1.11 bits per heavy atom. The Morgan fingerprint density at radius 2 is 1.89 bits per heavy atom. The molecule has 0 heterocycles. The molecule has 0 saturated carbocycles. The van der Waals surface area contributed by atoms with Gasteiger partial charge >= 0.3 is 0 Å². The highest BCUT2D eigenvalue weighted by Gasteiger charge is 2.07. The van der Waals surface area contributed by atoms with Crippen LogP contribution in [0.4, 0.5) is 0 Å². The van der Waals surface area contributed by atoms with Crippen molar-refractivity contribution in [2.75, 3.05) is 0 Å². The number of ether oxygens (including phenoxy) is 1. The van der Waals surface area contributed by atoms with Gasteiger partial charge in [-0.25, -0.2) is 0 Å². The van der Waals surface area contributed by atoms with E-state index in [4.69, 9.17) is 27.9 Å². The van der Waals surface area contributed by atoms with Gasteiger partial charge in [-0.3, -0.25) is 0 Å². The first-order valence-electron chi connectivity index (χ1n) is 5.38. The monoisotopic (exact) mass is 344 g/mol. The molecule has 0 radical (unpaired) electrons. The van der Waals surface area contributed by atoms with E-state index in [1.165, 1.54) is 0 Å². The Bertz CT molecular complexity index is 570. The lowest BCUT2D eigenvalue weighted by molar-refractivity contribution is 0.474. The van der Waals surface area contributed by atoms with Gasteiger partial charge in [-0.15, -0.1) is 11.6 Å². The first kappa shape index (κ1) is 13.7. The summed E-state index contributed by atoms with van der Waals surface area (Å²) in [4.78, 5) is 0. The second kappa shape index (κ2) is 5.96. The van der Waals surface area contributed by atoms with Crippen LogP contribution in [0.15, 0.2) is 40.9 Å². The van der Waals surface area contributed by atoms with Gasteiger partial charge in [-0.1, -0.05) is 39.7 Å². The molecule has 0 aliphatic heterocycles. The van der Waals surface area contributed by atoms with Crippen LogP contribution < -0.4 is 4.74 Å². The van der Waals surface area contributed by atoms with Crippen molar-refractivity contribution < 1.29 is 4.74 Å². The molecule has 0 bridgehead atoms. The Labute approximate surface area is 125 Å². The summed E-state index contributed by atoms with van der Waals surface area (Å²) in [6.07, 6.45) is 0. The molecule has 4 heteroatoms. The SMILES string of the molecule is Cc1ccc(Cl)cc1Oc1cc(Br)ccc1CCl. The van der Waals surface area contributed by atoms with Crippen LogP contribution in [0.3, 0.4) is 0 Å². The van der Waals surface area contributed by atoms with Gasteiger partial charge in [0.05, 0.1) is 5.88 Å². The summed E-state index contributed by atoms with van der Waals surface area (Å²) < 4.78 is 6.84. The van der Waals surface area contributed by atoms with Gasteiger partial charge < -0.3 is 4.74 Å². The number of alkyl halides is 1. The van der Waals surface area contributed by atoms with E-state index < -0.39 is 0 Å².